The molecule has 1 saturated carbocycles. The van der Waals surface area contributed by atoms with Gasteiger partial charge < -0.3 is 10.2 Å². The summed E-state index contributed by atoms with van der Waals surface area (Å²) in [6, 6.07) is 0.863. The van der Waals surface area contributed by atoms with Crippen molar-refractivity contribution in [2.24, 2.45) is 5.92 Å². The van der Waals surface area contributed by atoms with E-state index in [0.29, 0.717) is 0 Å². The van der Waals surface area contributed by atoms with Crippen molar-refractivity contribution in [3.63, 3.8) is 0 Å². The lowest BCUT2D eigenvalue weighted by Crippen LogP contribution is -2.37. The molecule has 1 saturated heterocycles. The first-order chi connectivity index (χ1) is 8.75. The van der Waals surface area contributed by atoms with Gasteiger partial charge in [0.15, 0.2) is 0 Å². The van der Waals surface area contributed by atoms with Gasteiger partial charge in [0.2, 0.25) is 0 Å². The van der Waals surface area contributed by atoms with Crippen molar-refractivity contribution in [2.75, 3.05) is 32.4 Å². The van der Waals surface area contributed by atoms with Crippen LogP contribution in [0.1, 0.15) is 45.4 Å². The molecule has 0 bridgehead atoms. The summed E-state index contributed by atoms with van der Waals surface area (Å²) in [6.45, 7) is 6.16. The predicted molar refractivity (Wildman–Crippen MR) is 82.4 cm³/mol. The number of piperidine rings is 1. The predicted octanol–water partition coefficient (Wildman–Crippen LogP) is 2.98. The van der Waals surface area contributed by atoms with E-state index in [1.807, 2.05) is 0 Å². The number of thioether (sulfide) groups is 1. The Hall–Kier alpha value is 0.270. The van der Waals surface area contributed by atoms with E-state index in [1.165, 1.54) is 63.9 Å². The lowest BCUT2D eigenvalue weighted by molar-refractivity contribution is 0.172. The van der Waals surface area contributed by atoms with Crippen LogP contribution in [0.3, 0.4) is 0 Å². The fourth-order valence-corrected chi connectivity index (χ4v) is 4.61. The molecule has 2 unspecified atom stereocenters. The maximum absolute atomic E-state index is 3.45. The first-order valence-corrected chi connectivity index (χ1v) is 8.83. The number of hydrogen-bond donors (Lipinski definition) is 1. The van der Waals surface area contributed by atoms with Crippen molar-refractivity contribution in [1.29, 1.82) is 0 Å². The van der Waals surface area contributed by atoms with E-state index in [1.54, 1.807) is 0 Å². The van der Waals surface area contributed by atoms with Crippen molar-refractivity contribution >= 4 is 11.8 Å². The van der Waals surface area contributed by atoms with E-state index < -0.39 is 0 Å². The fourth-order valence-electron chi connectivity index (χ4n) is 3.31. The molecule has 3 heteroatoms. The van der Waals surface area contributed by atoms with E-state index in [9.17, 15) is 0 Å². The van der Waals surface area contributed by atoms with E-state index >= 15 is 0 Å². The Morgan fingerprint density at radius 1 is 1.17 bits per heavy atom. The normalized spacial score (nSPS) is 30.8. The lowest BCUT2D eigenvalue weighted by atomic mass is 9.86. The lowest BCUT2D eigenvalue weighted by Gasteiger charge is -2.34. The Balaban J connectivity index is 1.60. The van der Waals surface area contributed by atoms with Gasteiger partial charge in [0.25, 0.3) is 0 Å². The molecule has 0 amide bonds. The summed E-state index contributed by atoms with van der Waals surface area (Å²) in [7, 11) is 2.34. The Kier molecular flexibility index (Phi) is 6.33. The summed E-state index contributed by atoms with van der Waals surface area (Å²) in [5.41, 5.74) is 0. The number of nitrogens with zero attached hydrogens (tertiary/aromatic N) is 1. The molecule has 1 heterocycles. The van der Waals surface area contributed by atoms with Gasteiger partial charge in [0, 0.05) is 23.6 Å². The standard InChI is InChI=1S/C15H30N2S/c1-13-4-3-5-14(12-13)17(2)10-11-18-15-6-8-16-9-7-15/h13-16H,3-12H2,1-2H3. The maximum atomic E-state index is 3.45. The minimum atomic E-state index is 0.863. The third-order valence-electron chi connectivity index (χ3n) is 4.62. The molecule has 1 N–H and O–H groups in total. The molecule has 2 atom stereocenters. The zero-order valence-electron chi connectivity index (χ0n) is 12.2. The van der Waals surface area contributed by atoms with Gasteiger partial charge in [-0.05, 0) is 51.7 Å². The first-order valence-electron chi connectivity index (χ1n) is 7.78. The minimum Gasteiger partial charge on any atom is -0.317 e. The highest BCUT2D eigenvalue weighted by Crippen LogP contribution is 2.27. The molecule has 2 fully saturated rings. The van der Waals surface area contributed by atoms with Gasteiger partial charge in [-0.15, -0.1) is 0 Å². The van der Waals surface area contributed by atoms with Crippen LogP contribution in [0.2, 0.25) is 0 Å². The molecule has 0 radical (unpaired) electrons. The second-order valence-electron chi connectivity index (χ2n) is 6.23. The summed E-state index contributed by atoms with van der Waals surface area (Å²) in [5, 5.41) is 4.37. The molecule has 1 aliphatic heterocycles. The second kappa shape index (κ2) is 7.76. The van der Waals surface area contributed by atoms with Crippen LogP contribution in [0.15, 0.2) is 0 Å². The molecule has 1 aliphatic carbocycles. The monoisotopic (exact) mass is 270 g/mol. The quantitative estimate of drug-likeness (QED) is 0.827. The summed E-state index contributed by atoms with van der Waals surface area (Å²) in [5.74, 6) is 2.27. The molecule has 2 rings (SSSR count). The van der Waals surface area contributed by atoms with Crippen molar-refractivity contribution < 1.29 is 0 Å². The fraction of sp³-hybridized carbons (Fsp3) is 1.00. The van der Waals surface area contributed by atoms with Crippen LogP contribution in [0.5, 0.6) is 0 Å². The largest absolute Gasteiger partial charge is 0.317 e. The van der Waals surface area contributed by atoms with Gasteiger partial charge >= 0.3 is 0 Å². The minimum absolute atomic E-state index is 0.863. The van der Waals surface area contributed by atoms with Gasteiger partial charge in [-0.1, -0.05) is 19.8 Å². The average molecular weight is 270 g/mol. The van der Waals surface area contributed by atoms with Crippen LogP contribution in [0, 0.1) is 5.92 Å². The highest BCUT2D eigenvalue weighted by Gasteiger charge is 2.22. The molecular weight excluding hydrogens is 240 g/mol. The molecule has 0 aromatic rings. The maximum Gasteiger partial charge on any atom is 0.00950 e. The Labute approximate surface area is 117 Å². The van der Waals surface area contributed by atoms with Gasteiger partial charge in [-0.2, -0.15) is 11.8 Å². The zero-order valence-corrected chi connectivity index (χ0v) is 13.0. The van der Waals surface area contributed by atoms with E-state index in [4.69, 9.17) is 0 Å². The highest BCUT2D eigenvalue weighted by molar-refractivity contribution is 7.99. The summed E-state index contributed by atoms with van der Waals surface area (Å²) < 4.78 is 0. The Morgan fingerprint density at radius 2 is 1.94 bits per heavy atom. The molecule has 0 aromatic heterocycles. The van der Waals surface area contributed by atoms with Crippen LogP contribution in [-0.4, -0.2) is 48.6 Å². The second-order valence-corrected chi connectivity index (χ2v) is 7.63. The summed E-state index contributed by atoms with van der Waals surface area (Å²) in [4.78, 5) is 2.63. The Bertz CT molecular complexity index is 229. The summed E-state index contributed by atoms with van der Waals surface area (Å²) in [6.07, 6.45) is 8.49. The topological polar surface area (TPSA) is 15.3 Å². The molecule has 2 aliphatic rings. The van der Waals surface area contributed by atoms with E-state index in [-0.39, 0.29) is 0 Å². The average Bonchev–Trinajstić information content (AvgIpc) is 2.40. The van der Waals surface area contributed by atoms with Crippen LogP contribution >= 0.6 is 11.8 Å². The number of hydrogen-bond acceptors (Lipinski definition) is 3. The van der Waals surface area contributed by atoms with Gasteiger partial charge in [0.05, 0.1) is 0 Å². The number of nitrogens with one attached hydrogen (secondary N) is 1. The molecular formula is C15H30N2S. The van der Waals surface area contributed by atoms with Crippen molar-refractivity contribution in [1.82, 2.24) is 10.2 Å². The zero-order chi connectivity index (χ0) is 12.8. The smallest absolute Gasteiger partial charge is 0.00950 e. The molecule has 0 spiro atoms. The molecule has 18 heavy (non-hydrogen) atoms. The molecule has 0 aromatic carbocycles. The van der Waals surface area contributed by atoms with Crippen LogP contribution in [0.25, 0.3) is 0 Å². The molecule has 106 valence electrons. The van der Waals surface area contributed by atoms with Crippen molar-refractivity contribution in [3.05, 3.63) is 0 Å². The SMILES string of the molecule is CC1CCCC(N(C)CCSC2CCNCC2)C1. The molecule has 2 nitrogen and oxygen atoms in total. The van der Waals surface area contributed by atoms with Gasteiger partial charge in [0.1, 0.15) is 0 Å². The summed E-state index contributed by atoms with van der Waals surface area (Å²) >= 11 is 2.21. The number of rotatable bonds is 5. The third-order valence-corrected chi connectivity index (χ3v) is 5.98. The van der Waals surface area contributed by atoms with Gasteiger partial charge in [-0.25, -0.2) is 0 Å². The highest BCUT2D eigenvalue weighted by atomic mass is 32.2. The van der Waals surface area contributed by atoms with Crippen molar-refractivity contribution in [2.45, 2.75) is 56.7 Å². The van der Waals surface area contributed by atoms with Crippen LogP contribution in [0.4, 0.5) is 0 Å². The first kappa shape index (κ1) is 14.7. The van der Waals surface area contributed by atoms with Crippen LogP contribution in [-0.2, 0) is 0 Å². The third kappa shape index (κ3) is 4.75. The van der Waals surface area contributed by atoms with Crippen LogP contribution < -0.4 is 5.32 Å². The Morgan fingerprint density at radius 3 is 2.67 bits per heavy atom. The van der Waals surface area contributed by atoms with E-state index in [0.717, 1.165) is 17.2 Å². The van der Waals surface area contributed by atoms with Crippen molar-refractivity contribution in [3.8, 4) is 0 Å². The van der Waals surface area contributed by atoms with Gasteiger partial charge in [-0.3, -0.25) is 0 Å². The van der Waals surface area contributed by atoms with E-state index in [2.05, 4.69) is 35.9 Å².